The molecule has 1 saturated heterocycles. The molecule has 6 rings (SSSR count). The number of fused-ring (bicyclic) bond motifs is 1. The Balaban J connectivity index is 1.58. The first-order valence-corrected chi connectivity index (χ1v) is 8.53. The highest BCUT2D eigenvalue weighted by molar-refractivity contribution is 6.22. The molecule has 1 aromatic carbocycles. The maximum Gasteiger partial charge on any atom is 0.416 e. The van der Waals surface area contributed by atoms with E-state index < -0.39 is 46.9 Å². The molecule has 6 unspecified atom stereocenters. The summed E-state index contributed by atoms with van der Waals surface area (Å²) in [6.07, 6.45) is -1.86. The first-order chi connectivity index (χ1) is 11.8. The average Bonchev–Trinajstić information content (AvgIpc) is 3.32. The molecule has 1 aliphatic heterocycles. The van der Waals surface area contributed by atoms with Crippen LogP contribution < -0.4 is 4.90 Å². The van der Waals surface area contributed by atoms with Gasteiger partial charge in [0.1, 0.15) is 5.82 Å². The Hall–Kier alpha value is -1.92. The van der Waals surface area contributed by atoms with Crippen LogP contribution in [-0.4, -0.2) is 11.8 Å². The van der Waals surface area contributed by atoms with Crippen molar-refractivity contribution in [1.82, 2.24) is 0 Å². The maximum atomic E-state index is 14.2. The first-order valence-electron chi connectivity index (χ1n) is 8.53. The zero-order valence-corrected chi connectivity index (χ0v) is 13.1. The molecule has 0 N–H and O–H groups in total. The van der Waals surface area contributed by atoms with Gasteiger partial charge in [0.15, 0.2) is 0 Å². The van der Waals surface area contributed by atoms with E-state index in [0.29, 0.717) is 34.9 Å². The zero-order valence-electron chi connectivity index (χ0n) is 13.1. The third-order valence-electron chi connectivity index (χ3n) is 6.66. The van der Waals surface area contributed by atoms with Crippen LogP contribution in [0.4, 0.5) is 23.2 Å². The summed E-state index contributed by atoms with van der Waals surface area (Å²) in [5.41, 5.74) is -1.63. The van der Waals surface area contributed by atoms with Gasteiger partial charge >= 0.3 is 6.18 Å². The van der Waals surface area contributed by atoms with Gasteiger partial charge in [-0.3, -0.25) is 9.59 Å². The fourth-order valence-corrected chi connectivity index (χ4v) is 5.64. The van der Waals surface area contributed by atoms with Gasteiger partial charge in [0.25, 0.3) is 0 Å². The van der Waals surface area contributed by atoms with Gasteiger partial charge in [0.2, 0.25) is 11.8 Å². The number of anilines is 1. The molecule has 2 bridgehead atoms. The minimum absolute atomic E-state index is 0.121. The van der Waals surface area contributed by atoms with Crippen LogP contribution in [0.1, 0.15) is 24.8 Å². The summed E-state index contributed by atoms with van der Waals surface area (Å²) in [4.78, 5) is 26.4. The summed E-state index contributed by atoms with van der Waals surface area (Å²) in [6.45, 7) is 0. The summed E-state index contributed by atoms with van der Waals surface area (Å²) >= 11 is 0. The number of hydrogen-bond donors (Lipinski definition) is 0. The molecule has 5 aliphatic rings. The van der Waals surface area contributed by atoms with E-state index in [4.69, 9.17) is 0 Å². The molecular formula is C18H15F4NO2. The van der Waals surface area contributed by atoms with E-state index in [1.807, 2.05) is 0 Å². The van der Waals surface area contributed by atoms with E-state index in [-0.39, 0.29) is 11.8 Å². The van der Waals surface area contributed by atoms with Crippen molar-refractivity contribution in [2.75, 3.05) is 4.90 Å². The predicted molar refractivity (Wildman–Crippen MR) is 78.7 cm³/mol. The van der Waals surface area contributed by atoms with E-state index in [1.54, 1.807) is 0 Å². The molecule has 5 fully saturated rings. The molecule has 1 aromatic rings. The van der Waals surface area contributed by atoms with E-state index in [2.05, 4.69) is 0 Å². The molecule has 132 valence electrons. The summed E-state index contributed by atoms with van der Waals surface area (Å²) in [5.74, 6) is -1.82. The topological polar surface area (TPSA) is 37.4 Å². The highest BCUT2D eigenvalue weighted by Gasteiger charge is 2.68. The third kappa shape index (κ3) is 1.92. The number of benzene rings is 1. The molecule has 7 heteroatoms. The van der Waals surface area contributed by atoms with Crippen LogP contribution in [0.3, 0.4) is 0 Å². The van der Waals surface area contributed by atoms with Crippen molar-refractivity contribution < 1.29 is 27.2 Å². The maximum absolute atomic E-state index is 14.2. The van der Waals surface area contributed by atoms with E-state index in [9.17, 15) is 27.2 Å². The second kappa shape index (κ2) is 4.62. The number of alkyl halides is 3. The highest BCUT2D eigenvalue weighted by Crippen LogP contribution is 2.68. The van der Waals surface area contributed by atoms with E-state index >= 15 is 0 Å². The number of amides is 2. The number of rotatable bonds is 1. The minimum atomic E-state index is -4.66. The van der Waals surface area contributed by atoms with Crippen LogP contribution in [0.25, 0.3) is 0 Å². The summed E-state index contributed by atoms with van der Waals surface area (Å²) in [6, 6.07) is 1.87. The fourth-order valence-electron chi connectivity index (χ4n) is 5.64. The third-order valence-corrected chi connectivity index (χ3v) is 6.66. The SMILES string of the molecule is O=C1C2C3CCC(C4CC43)C2C(=O)N1c1cc(C(F)(F)F)ccc1F. The van der Waals surface area contributed by atoms with Crippen molar-refractivity contribution in [3.63, 3.8) is 0 Å². The van der Waals surface area contributed by atoms with E-state index in [1.165, 1.54) is 0 Å². The molecule has 2 amide bonds. The number of carbonyl (C=O) groups is 2. The Morgan fingerprint density at radius 1 is 0.920 bits per heavy atom. The van der Waals surface area contributed by atoms with Crippen LogP contribution >= 0.6 is 0 Å². The molecule has 1 heterocycles. The molecule has 0 spiro atoms. The molecule has 6 atom stereocenters. The summed E-state index contributed by atoms with van der Waals surface area (Å²) in [7, 11) is 0. The summed E-state index contributed by atoms with van der Waals surface area (Å²) < 4.78 is 53.1. The van der Waals surface area contributed by atoms with Gasteiger partial charge in [-0.2, -0.15) is 13.2 Å². The van der Waals surface area contributed by atoms with Crippen LogP contribution in [0.5, 0.6) is 0 Å². The van der Waals surface area contributed by atoms with Crippen LogP contribution in [0.2, 0.25) is 0 Å². The Morgan fingerprint density at radius 2 is 1.48 bits per heavy atom. The number of halogens is 4. The minimum Gasteiger partial charge on any atom is -0.274 e. The van der Waals surface area contributed by atoms with Crippen molar-refractivity contribution in [3.05, 3.63) is 29.6 Å². The Labute approximate surface area is 141 Å². The largest absolute Gasteiger partial charge is 0.416 e. The number of imide groups is 1. The van der Waals surface area contributed by atoms with Gasteiger partial charge in [0, 0.05) is 0 Å². The number of nitrogens with zero attached hydrogens (tertiary/aromatic N) is 1. The van der Waals surface area contributed by atoms with Crippen molar-refractivity contribution in [3.8, 4) is 0 Å². The average molecular weight is 353 g/mol. The van der Waals surface area contributed by atoms with Crippen molar-refractivity contribution in [2.24, 2.45) is 35.5 Å². The van der Waals surface area contributed by atoms with Gasteiger partial charge < -0.3 is 0 Å². The molecule has 3 nitrogen and oxygen atoms in total. The first kappa shape index (κ1) is 15.3. The lowest BCUT2D eigenvalue weighted by molar-refractivity contribution is -0.137. The molecule has 4 aliphatic carbocycles. The molecule has 0 radical (unpaired) electrons. The monoisotopic (exact) mass is 353 g/mol. The normalized spacial score (nSPS) is 38.8. The quantitative estimate of drug-likeness (QED) is 0.571. The van der Waals surface area contributed by atoms with Gasteiger partial charge in [-0.15, -0.1) is 0 Å². The van der Waals surface area contributed by atoms with Crippen LogP contribution in [0, 0.1) is 41.3 Å². The highest BCUT2D eigenvalue weighted by atomic mass is 19.4. The zero-order chi connectivity index (χ0) is 17.7. The fraction of sp³-hybridized carbons (Fsp3) is 0.556. The summed E-state index contributed by atoms with van der Waals surface area (Å²) in [5, 5.41) is 0. The van der Waals surface area contributed by atoms with Crippen LogP contribution in [0.15, 0.2) is 18.2 Å². The standard InChI is InChI=1S/C18H15F4NO2/c19-12-4-1-7(18(20,21)22)5-13(12)23-16(24)14-8-2-3-9(11-6-10(8)11)15(14)17(23)25/h1,4-5,8-11,14-15H,2-3,6H2. The Kier molecular flexibility index (Phi) is 2.84. The second-order valence-electron chi connectivity index (χ2n) is 7.70. The number of hydrogen-bond acceptors (Lipinski definition) is 2. The van der Waals surface area contributed by atoms with E-state index in [0.717, 1.165) is 19.3 Å². The molecule has 0 aromatic heterocycles. The number of carbonyl (C=O) groups excluding carboxylic acids is 2. The molecule has 4 saturated carbocycles. The van der Waals surface area contributed by atoms with Crippen molar-refractivity contribution in [1.29, 1.82) is 0 Å². The van der Waals surface area contributed by atoms with Gasteiger partial charge in [-0.05, 0) is 61.1 Å². The lowest BCUT2D eigenvalue weighted by Crippen LogP contribution is -2.43. The molecular weight excluding hydrogens is 338 g/mol. The lowest BCUT2D eigenvalue weighted by atomic mass is 9.59. The van der Waals surface area contributed by atoms with Gasteiger partial charge in [-0.25, -0.2) is 9.29 Å². The van der Waals surface area contributed by atoms with Gasteiger partial charge in [-0.1, -0.05) is 0 Å². The van der Waals surface area contributed by atoms with Gasteiger partial charge in [0.05, 0.1) is 23.1 Å². The van der Waals surface area contributed by atoms with Crippen molar-refractivity contribution >= 4 is 17.5 Å². The Morgan fingerprint density at radius 3 is 2.00 bits per heavy atom. The smallest absolute Gasteiger partial charge is 0.274 e. The lowest BCUT2D eigenvalue weighted by Gasteiger charge is -2.42. The Bertz CT molecular complexity index is 771. The predicted octanol–water partition coefficient (Wildman–Crippen LogP) is 3.63. The second-order valence-corrected chi connectivity index (χ2v) is 7.70. The van der Waals surface area contributed by atoms with Crippen molar-refractivity contribution in [2.45, 2.75) is 25.4 Å². The molecule has 25 heavy (non-hydrogen) atoms. The van der Waals surface area contributed by atoms with Crippen LogP contribution in [-0.2, 0) is 15.8 Å².